The molecule has 2 aromatic heterocycles. The summed E-state index contributed by atoms with van der Waals surface area (Å²) >= 11 is 1.57. The van der Waals surface area contributed by atoms with E-state index >= 15 is 0 Å². The second-order valence-electron chi connectivity index (χ2n) is 6.90. The van der Waals surface area contributed by atoms with Crippen LogP contribution < -0.4 is 0 Å². The Morgan fingerprint density at radius 1 is 1.17 bits per heavy atom. The molecule has 0 saturated carbocycles. The Morgan fingerprint density at radius 3 is 2.76 bits per heavy atom. The van der Waals surface area contributed by atoms with Crippen LogP contribution in [0, 0.1) is 5.82 Å². The molecule has 1 saturated heterocycles. The monoisotopic (exact) mass is 408 g/mol. The summed E-state index contributed by atoms with van der Waals surface area (Å²) in [5.74, 6) is -0.249. The first-order chi connectivity index (χ1) is 14.2. The summed E-state index contributed by atoms with van der Waals surface area (Å²) < 4.78 is 19.0. The normalized spacial score (nSPS) is 16.6. The van der Waals surface area contributed by atoms with Crippen LogP contribution in [0.1, 0.15) is 16.9 Å². The quantitative estimate of drug-likeness (QED) is 0.551. The van der Waals surface area contributed by atoms with Gasteiger partial charge in [0.2, 0.25) is 5.91 Å². The summed E-state index contributed by atoms with van der Waals surface area (Å²) in [4.78, 5) is 20.3. The summed E-state index contributed by atoms with van der Waals surface area (Å²) in [5, 5.41) is 0. The van der Waals surface area contributed by atoms with E-state index < -0.39 is 0 Å². The van der Waals surface area contributed by atoms with Crippen molar-refractivity contribution in [2.45, 2.75) is 19.1 Å². The highest BCUT2D eigenvalue weighted by Crippen LogP contribution is 2.29. The Balaban J connectivity index is 1.29. The number of likely N-dealkylation sites (tertiary alicyclic amines) is 1. The molecule has 6 heteroatoms. The molecule has 1 aliphatic heterocycles. The Kier molecular flexibility index (Phi) is 6.12. The maximum atomic E-state index is 13.1. The zero-order valence-electron chi connectivity index (χ0n) is 15.8. The Bertz CT molecular complexity index is 986. The maximum absolute atomic E-state index is 13.1. The van der Waals surface area contributed by atoms with E-state index in [4.69, 9.17) is 4.74 Å². The first-order valence-electron chi connectivity index (χ1n) is 9.50. The number of rotatable bonds is 6. The number of halogens is 1. The van der Waals surface area contributed by atoms with Gasteiger partial charge in [0, 0.05) is 41.3 Å². The molecule has 3 heterocycles. The average molecular weight is 408 g/mol. The minimum Gasteiger partial charge on any atom is -0.372 e. The van der Waals surface area contributed by atoms with Gasteiger partial charge in [-0.3, -0.25) is 9.78 Å². The van der Waals surface area contributed by atoms with Crippen LogP contribution in [-0.2, 0) is 16.1 Å². The first kappa shape index (κ1) is 19.5. The van der Waals surface area contributed by atoms with E-state index in [0.29, 0.717) is 19.7 Å². The van der Waals surface area contributed by atoms with Crippen molar-refractivity contribution < 1.29 is 13.9 Å². The number of hydrogen-bond acceptors (Lipinski definition) is 4. The number of amides is 1. The molecular weight excluding hydrogens is 387 g/mol. The molecule has 148 valence electrons. The molecule has 3 aromatic rings. The summed E-state index contributed by atoms with van der Waals surface area (Å²) in [7, 11) is 0. The number of thiophene rings is 1. The van der Waals surface area contributed by atoms with Crippen molar-refractivity contribution in [2.24, 2.45) is 0 Å². The van der Waals surface area contributed by atoms with Gasteiger partial charge in [-0.05, 0) is 60.0 Å². The van der Waals surface area contributed by atoms with Gasteiger partial charge in [-0.15, -0.1) is 11.3 Å². The maximum Gasteiger partial charge on any atom is 0.246 e. The van der Waals surface area contributed by atoms with E-state index in [1.807, 2.05) is 35.2 Å². The van der Waals surface area contributed by atoms with E-state index in [9.17, 15) is 9.18 Å². The number of pyridine rings is 1. The van der Waals surface area contributed by atoms with Crippen LogP contribution >= 0.6 is 11.3 Å². The lowest BCUT2D eigenvalue weighted by molar-refractivity contribution is -0.125. The topological polar surface area (TPSA) is 42.4 Å². The van der Waals surface area contributed by atoms with Crippen molar-refractivity contribution in [3.63, 3.8) is 0 Å². The van der Waals surface area contributed by atoms with Crippen molar-refractivity contribution in [2.75, 3.05) is 13.1 Å². The van der Waals surface area contributed by atoms with Gasteiger partial charge < -0.3 is 9.64 Å². The highest BCUT2D eigenvalue weighted by molar-refractivity contribution is 7.16. The lowest BCUT2D eigenvalue weighted by atomic mass is 10.2. The number of benzene rings is 1. The predicted molar refractivity (Wildman–Crippen MR) is 113 cm³/mol. The smallest absolute Gasteiger partial charge is 0.246 e. The van der Waals surface area contributed by atoms with Gasteiger partial charge in [-0.1, -0.05) is 12.1 Å². The second kappa shape index (κ2) is 9.11. The van der Waals surface area contributed by atoms with Gasteiger partial charge in [0.05, 0.1) is 12.7 Å². The Morgan fingerprint density at radius 2 is 1.97 bits per heavy atom. The van der Waals surface area contributed by atoms with Crippen LogP contribution in [0.5, 0.6) is 0 Å². The van der Waals surface area contributed by atoms with Crippen LogP contribution in [0.2, 0.25) is 0 Å². The fourth-order valence-corrected chi connectivity index (χ4v) is 4.14. The van der Waals surface area contributed by atoms with E-state index in [-0.39, 0.29) is 17.8 Å². The summed E-state index contributed by atoms with van der Waals surface area (Å²) in [6, 6.07) is 14.2. The van der Waals surface area contributed by atoms with Crippen molar-refractivity contribution in [3.05, 3.63) is 83.3 Å². The molecule has 4 nitrogen and oxygen atoms in total. The fourth-order valence-electron chi connectivity index (χ4n) is 3.23. The highest BCUT2D eigenvalue weighted by atomic mass is 32.1. The first-order valence-corrected chi connectivity index (χ1v) is 10.3. The van der Waals surface area contributed by atoms with Gasteiger partial charge in [-0.25, -0.2) is 4.39 Å². The van der Waals surface area contributed by atoms with Crippen molar-refractivity contribution >= 4 is 23.3 Å². The molecule has 0 aliphatic carbocycles. The molecule has 0 N–H and O–H groups in total. The van der Waals surface area contributed by atoms with E-state index in [1.54, 1.807) is 41.9 Å². The molecule has 1 amide bonds. The molecule has 0 spiro atoms. The SMILES string of the molecule is O=C(/C=C/c1ccc(-c2ccc(F)cc2)s1)N1CCC(OCc2ccncc2)C1. The van der Waals surface area contributed by atoms with Crippen LogP contribution in [0.15, 0.2) is 67.0 Å². The zero-order chi connectivity index (χ0) is 20.1. The third-order valence-electron chi connectivity index (χ3n) is 4.84. The molecule has 29 heavy (non-hydrogen) atoms. The lowest BCUT2D eigenvalue weighted by Gasteiger charge is -2.15. The molecule has 0 bridgehead atoms. The number of ether oxygens (including phenoxy) is 1. The van der Waals surface area contributed by atoms with E-state index in [0.717, 1.165) is 27.3 Å². The molecule has 1 aliphatic rings. The second-order valence-corrected chi connectivity index (χ2v) is 8.02. The predicted octanol–water partition coefficient (Wildman–Crippen LogP) is 4.78. The van der Waals surface area contributed by atoms with Gasteiger partial charge in [0.25, 0.3) is 0 Å². The number of carbonyl (C=O) groups is 1. The number of hydrogen-bond donors (Lipinski definition) is 0. The highest BCUT2D eigenvalue weighted by Gasteiger charge is 2.25. The minimum absolute atomic E-state index is 0.00302. The largest absolute Gasteiger partial charge is 0.372 e. The third-order valence-corrected chi connectivity index (χ3v) is 5.94. The van der Waals surface area contributed by atoms with Crippen molar-refractivity contribution in [1.29, 1.82) is 0 Å². The molecular formula is C23H21FN2O2S. The molecule has 1 atom stereocenters. The summed E-state index contributed by atoms with van der Waals surface area (Å²) in [6.07, 6.45) is 7.86. The van der Waals surface area contributed by atoms with Gasteiger partial charge in [-0.2, -0.15) is 0 Å². The van der Waals surface area contributed by atoms with E-state index in [2.05, 4.69) is 4.98 Å². The van der Waals surface area contributed by atoms with Gasteiger partial charge in [0.1, 0.15) is 5.82 Å². The summed E-state index contributed by atoms with van der Waals surface area (Å²) in [6.45, 7) is 1.85. The van der Waals surface area contributed by atoms with Gasteiger partial charge >= 0.3 is 0 Å². The molecule has 1 unspecified atom stereocenters. The number of carbonyl (C=O) groups excluding carboxylic acids is 1. The Labute approximate surface area is 173 Å². The van der Waals surface area contributed by atoms with Gasteiger partial charge in [0.15, 0.2) is 0 Å². The van der Waals surface area contributed by atoms with Crippen LogP contribution in [0.25, 0.3) is 16.5 Å². The van der Waals surface area contributed by atoms with Crippen LogP contribution in [-0.4, -0.2) is 35.0 Å². The van der Waals surface area contributed by atoms with Crippen molar-refractivity contribution in [1.82, 2.24) is 9.88 Å². The molecule has 0 radical (unpaired) electrons. The number of nitrogens with zero attached hydrogens (tertiary/aromatic N) is 2. The van der Waals surface area contributed by atoms with E-state index in [1.165, 1.54) is 12.1 Å². The third kappa shape index (κ3) is 5.16. The standard InChI is InChI=1S/C23H21FN2O2S/c24-19-3-1-18(2-4-19)22-7-5-21(29-22)6-8-23(27)26-14-11-20(15-26)28-16-17-9-12-25-13-10-17/h1-10,12-13,20H,11,14-16H2/b8-6+. The number of aromatic nitrogens is 1. The molecule has 1 aromatic carbocycles. The fraction of sp³-hybridized carbons (Fsp3) is 0.217. The van der Waals surface area contributed by atoms with Crippen molar-refractivity contribution in [3.8, 4) is 10.4 Å². The zero-order valence-corrected chi connectivity index (χ0v) is 16.6. The van der Waals surface area contributed by atoms with Crippen LogP contribution in [0.4, 0.5) is 4.39 Å². The Hall–Kier alpha value is -2.83. The molecule has 4 rings (SSSR count). The minimum atomic E-state index is -0.246. The average Bonchev–Trinajstić information content (AvgIpc) is 3.42. The summed E-state index contributed by atoms with van der Waals surface area (Å²) in [5.41, 5.74) is 2.05. The molecule has 1 fully saturated rings. The lowest BCUT2D eigenvalue weighted by Crippen LogP contribution is -2.28. The van der Waals surface area contributed by atoms with Crippen LogP contribution in [0.3, 0.4) is 0 Å².